The predicted molar refractivity (Wildman–Crippen MR) is 63.7 cm³/mol. The van der Waals surface area contributed by atoms with E-state index >= 15 is 0 Å². The molecular weight excluding hydrogens is 220 g/mol. The highest BCUT2D eigenvalue weighted by Gasteiger charge is 2.02. The van der Waals surface area contributed by atoms with Gasteiger partial charge in [0.25, 0.3) is 0 Å². The molecule has 1 aromatic heterocycles. The van der Waals surface area contributed by atoms with Gasteiger partial charge in [-0.1, -0.05) is 6.92 Å². The second kappa shape index (κ2) is 7.62. The van der Waals surface area contributed by atoms with Gasteiger partial charge in [0.1, 0.15) is 5.75 Å². The third-order valence-corrected chi connectivity index (χ3v) is 2.11. The number of carbonyl (C=O) groups excluding carboxylic acids is 1. The zero-order valence-corrected chi connectivity index (χ0v) is 10.2. The molecule has 0 aliphatic heterocycles. The van der Waals surface area contributed by atoms with Crippen LogP contribution in [0.15, 0.2) is 18.3 Å². The number of nitrogens with zero attached hydrogens (tertiary/aromatic N) is 1. The molecule has 0 aliphatic carbocycles. The molecule has 0 spiro atoms. The summed E-state index contributed by atoms with van der Waals surface area (Å²) in [5, 5.41) is 3.25. The Morgan fingerprint density at radius 2 is 2.29 bits per heavy atom. The monoisotopic (exact) mass is 238 g/mol. The van der Waals surface area contributed by atoms with Crippen LogP contribution in [-0.4, -0.2) is 31.2 Å². The molecule has 0 fully saturated rings. The number of hydrogen-bond acceptors (Lipinski definition) is 5. The normalized spacial score (nSPS) is 10.0. The molecule has 0 amide bonds. The highest BCUT2D eigenvalue weighted by Crippen LogP contribution is 2.08. The van der Waals surface area contributed by atoms with Crippen LogP contribution in [0.25, 0.3) is 0 Å². The highest BCUT2D eigenvalue weighted by atomic mass is 16.6. The molecule has 0 saturated heterocycles. The molecule has 1 N–H and O–H groups in total. The van der Waals surface area contributed by atoms with Crippen molar-refractivity contribution in [3.8, 4) is 5.75 Å². The van der Waals surface area contributed by atoms with Crippen molar-refractivity contribution in [2.45, 2.75) is 19.9 Å². The van der Waals surface area contributed by atoms with E-state index in [1.54, 1.807) is 12.3 Å². The molecule has 1 rings (SSSR count). The number of aromatic nitrogens is 1. The van der Waals surface area contributed by atoms with Crippen molar-refractivity contribution in [2.75, 3.05) is 20.3 Å². The molecule has 5 heteroatoms. The van der Waals surface area contributed by atoms with Gasteiger partial charge in [-0.25, -0.2) is 4.79 Å². The van der Waals surface area contributed by atoms with E-state index < -0.39 is 5.97 Å². The van der Waals surface area contributed by atoms with Crippen LogP contribution in [0.4, 0.5) is 0 Å². The molecule has 0 saturated carbocycles. The molecule has 17 heavy (non-hydrogen) atoms. The number of hydrogen-bond donors (Lipinski definition) is 1. The molecule has 5 nitrogen and oxygen atoms in total. The Kier molecular flexibility index (Phi) is 6.03. The first kappa shape index (κ1) is 13.4. The lowest BCUT2D eigenvalue weighted by molar-refractivity contribution is -0.142. The van der Waals surface area contributed by atoms with Crippen molar-refractivity contribution >= 4 is 5.97 Å². The summed E-state index contributed by atoms with van der Waals surface area (Å²) >= 11 is 0. The van der Waals surface area contributed by atoms with Crippen LogP contribution >= 0.6 is 0 Å². The lowest BCUT2D eigenvalue weighted by atomic mass is 10.3. The van der Waals surface area contributed by atoms with Gasteiger partial charge in [-0.15, -0.1) is 0 Å². The Balaban J connectivity index is 2.36. The average molecular weight is 238 g/mol. The Labute approximate surface area is 101 Å². The van der Waals surface area contributed by atoms with Gasteiger partial charge >= 0.3 is 5.97 Å². The summed E-state index contributed by atoms with van der Waals surface area (Å²) in [5.74, 6) is 0.160. The van der Waals surface area contributed by atoms with Crippen LogP contribution in [0.3, 0.4) is 0 Å². The van der Waals surface area contributed by atoms with E-state index in [9.17, 15) is 4.79 Å². The van der Waals surface area contributed by atoms with E-state index in [0.717, 1.165) is 25.2 Å². The zero-order valence-electron chi connectivity index (χ0n) is 10.2. The number of carbonyl (C=O) groups is 1. The summed E-state index contributed by atoms with van der Waals surface area (Å²) in [5.41, 5.74) is 0.948. The number of esters is 1. The maximum Gasteiger partial charge on any atom is 0.343 e. The molecule has 94 valence electrons. The lowest BCUT2D eigenvalue weighted by Crippen LogP contribution is -2.15. The molecule has 0 aliphatic rings. The second-order valence-corrected chi connectivity index (χ2v) is 3.53. The summed E-state index contributed by atoms with van der Waals surface area (Å²) in [6.45, 7) is 3.74. The number of nitrogens with one attached hydrogen (secondary N) is 1. The van der Waals surface area contributed by atoms with E-state index in [1.807, 2.05) is 6.07 Å². The van der Waals surface area contributed by atoms with Gasteiger partial charge < -0.3 is 14.8 Å². The molecule has 0 unspecified atom stereocenters. The SMILES string of the molecule is CCCNCc1ccc(OCC(=O)OC)cn1. The smallest absolute Gasteiger partial charge is 0.343 e. The number of pyridine rings is 1. The van der Waals surface area contributed by atoms with E-state index in [4.69, 9.17) is 4.74 Å². The van der Waals surface area contributed by atoms with Gasteiger partial charge in [0.15, 0.2) is 6.61 Å². The topological polar surface area (TPSA) is 60.5 Å². The third kappa shape index (κ3) is 5.31. The van der Waals surface area contributed by atoms with Crippen molar-refractivity contribution in [2.24, 2.45) is 0 Å². The van der Waals surface area contributed by atoms with Gasteiger partial charge in [-0.2, -0.15) is 0 Å². The van der Waals surface area contributed by atoms with Crippen LogP contribution in [-0.2, 0) is 16.1 Å². The Bertz CT molecular complexity index is 338. The van der Waals surface area contributed by atoms with Crippen LogP contribution in [0, 0.1) is 0 Å². The predicted octanol–water partition coefficient (Wildman–Crippen LogP) is 1.13. The van der Waals surface area contributed by atoms with Crippen molar-refractivity contribution in [3.63, 3.8) is 0 Å². The standard InChI is InChI=1S/C12H18N2O3/c1-3-6-13-7-10-4-5-11(8-14-10)17-9-12(15)16-2/h4-5,8,13H,3,6-7,9H2,1-2H3. The Morgan fingerprint density at radius 1 is 1.47 bits per heavy atom. The summed E-state index contributed by atoms with van der Waals surface area (Å²) in [6.07, 6.45) is 2.70. The minimum Gasteiger partial charge on any atom is -0.480 e. The molecule has 1 aromatic rings. The van der Waals surface area contributed by atoms with Crippen molar-refractivity contribution in [3.05, 3.63) is 24.0 Å². The van der Waals surface area contributed by atoms with Crippen molar-refractivity contribution in [1.82, 2.24) is 10.3 Å². The van der Waals surface area contributed by atoms with Gasteiger partial charge in [0, 0.05) is 6.54 Å². The Hall–Kier alpha value is -1.62. The second-order valence-electron chi connectivity index (χ2n) is 3.53. The van der Waals surface area contributed by atoms with Crippen LogP contribution in [0.1, 0.15) is 19.0 Å². The quantitative estimate of drug-likeness (QED) is 0.570. The number of ether oxygens (including phenoxy) is 2. The summed E-state index contributed by atoms with van der Waals surface area (Å²) < 4.78 is 9.65. The van der Waals surface area contributed by atoms with E-state index in [-0.39, 0.29) is 6.61 Å². The first-order valence-electron chi connectivity index (χ1n) is 5.61. The molecule has 0 bridgehead atoms. The minimum absolute atomic E-state index is 0.0917. The van der Waals surface area contributed by atoms with Gasteiger partial charge in [-0.3, -0.25) is 4.98 Å². The van der Waals surface area contributed by atoms with Gasteiger partial charge in [0.2, 0.25) is 0 Å². The Morgan fingerprint density at radius 3 is 2.88 bits per heavy atom. The fraction of sp³-hybridized carbons (Fsp3) is 0.500. The maximum absolute atomic E-state index is 10.8. The van der Waals surface area contributed by atoms with Crippen LogP contribution in [0.5, 0.6) is 5.75 Å². The van der Waals surface area contributed by atoms with Crippen LogP contribution < -0.4 is 10.1 Å². The number of methoxy groups -OCH3 is 1. The fourth-order valence-corrected chi connectivity index (χ4v) is 1.20. The summed E-state index contributed by atoms with van der Waals surface area (Å²) in [4.78, 5) is 15.1. The van der Waals surface area contributed by atoms with Gasteiger partial charge in [-0.05, 0) is 25.1 Å². The van der Waals surface area contributed by atoms with Crippen molar-refractivity contribution < 1.29 is 14.3 Å². The lowest BCUT2D eigenvalue weighted by Gasteiger charge is -2.06. The molecule has 0 aromatic carbocycles. The highest BCUT2D eigenvalue weighted by molar-refractivity contribution is 5.70. The average Bonchev–Trinajstić information content (AvgIpc) is 2.37. The van der Waals surface area contributed by atoms with Gasteiger partial charge in [0.05, 0.1) is 19.0 Å². The third-order valence-electron chi connectivity index (χ3n) is 2.11. The first-order chi connectivity index (χ1) is 8.26. The van der Waals surface area contributed by atoms with E-state index in [2.05, 4.69) is 22.0 Å². The summed E-state index contributed by atoms with van der Waals surface area (Å²) in [7, 11) is 1.33. The summed E-state index contributed by atoms with van der Waals surface area (Å²) in [6, 6.07) is 3.66. The number of rotatable bonds is 7. The fourth-order valence-electron chi connectivity index (χ4n) is 1.20. The molecular formula is C12H18N2O3. The largest absolute Gasteiger partial charge is 0.480 e. The van der Waals surface area contributed by atoms with E-state index in [0.29, 0.717) is 5.75 Å². The van der Waals surface area contributed by atoms with Crippen molar-refractivity contribution in [1.29, 1.82) is 0 Å². The molecule has 0 radical (unpaired) electrons. The molecule has 0 atom stereocenters. The zero-order chi connectivity index (χ0) is 12.5. The van der Waals surface area contributed by atoms with Crippen LogP contribution in [0.2, 0.25) is 0 Å². The first-order valence-corrected chi connectivity index (χ1v) is 5.61. The molecule has 1 heterocycles. The maximum atomic E-state index is 10.8. The minimum atomic E-state index is -0.404. The van der Waals surface area contributed by atoms with E-state index in [1.165, 1.54) is 7.11 Å².